The van der Waals surface area contributed by atoms with E-state index in [0.717, 1.165) is 25.8 Å². The Hall–Kier alpha value is -1.58. The molecule has 0 spiro atoms. The molecule has 1 amide bonds. The van der Waals surface area contributed by atoms with Crippen molar-refractivity contribution in [2.45, 2.75) is 52.0 Å². The molecule has 0 unspecified atom stereocenters. The Bertz CT molecular complexity index is 453. The van der Waals surface area contributed by atoms with Crippen molar-refractivity contribution < 1.29 is 4.79 Å². The summed E-state index contributed by atoms with van der Waals surface area (Å²) in [5, 5.41) is 0. The Morgan fingerprint density at radius 3 is 2.75 bits per heavy atom. The molecule has 4 heteroatoms. The van der Waals surface area contributed by atoms with Gasteiger partial charge in [0.05, 0.1) is 17.4 Å². The molecule has 0 saturated heterocycles. The maximum absolute atomic E-state index is 12.8. The summed E-state index contributed by atoms with van der Waals surface area (Å²) < 4.78 is 0. The van der Waals surface area contributed by atoms with Crippen molar-refractivity contribution in [1.29, 1.82) is 0 Å². The Morgan fingerprint density at radius 2 is 2.15 bits per heavy atom. The van der Waals surface area contributed by atoms with Crippen molar-refractivity contribution in [3.8, 4) is 0 Å². The van der Waals surface area contributed by atoms with Crippen LogP contribution in [0.5, 0.6) is 0 Å². The van der Waals surface area contributed by atoms with Gasteiger partial charge in [0.25, 0.3) is 5.91 Å². The highest BCUT2D eigenvalue weighted by Crippen LogP contribution is 2.26. The Morgan fingerprint density at radius 1 is 1.45 bits per heavy atom. The number of anilines is 1. The van der Waals surface area contributed by atoms with Gasteiger partial charge in [0, 0.05) is 18.8 Å². The van der Waals surface area contributed by atoms with Gasteiger partial charge >= 0.3 is 0 Å². The van der Waals surface area contributed by atoms with Gasteiger partial charge < -0.3 is 10.6 Å². The maximum atomic E-state index is 12.8. The Labute approximate surface area is 121 Å². The highest BCUT2D eigenvalue weighted by atomic mass is 16.2. The number of pyridine rings is 1. The molecule has 1 saturated carbocycles. The summed E-state index contributed by atoms with van der Waals surface area (Å²) in [5.41, 5.74) is 6.97. The molecule has 1 aromatic heterocycles. The molecule has 20 heavy (non-hydrogen) atoms. The van der Waals surface area contributed by atoms with Crippen LogP contribution in [0.15, 0.2) is 18.5 Å². The van der Waals surface area contributed by atoms with Gasteiger partial charge in [-0.2, -0.15) is 0 Å². The molecule has 110 valence electrons. The quantitative estimate of drug-likeness (QED) is 0.898. The third kappa shape index (κ3) is 3.50. The van der Waals surface area contributed by atoms with Gasteiger partial charge in [0.15, 0.2) is 0 Å². The number of nitrogen functional groups attached to an aromatic ring is 1. The van der Waals surface area contributed by atoms with Crippen LogP contribution in [0.4, 0.5) is 5.69 Å². The number of nitrogens with zero attached hydrogens (tertiary/aromatic N) is 2. The first-order valence-corrected chi connectivity index (χ1v) is 7.60. The molecular formula is C16H25N3O. The van der Waals surface area contributed by atoms with E-state index < -0.39 is 0 Å². The standard InChI is InChI=1S/C16H25N3O/c1-12(2)8-10-19(13-5-3-4-6-13)16(20)14-7-9-18-11-15(14)17/h7,9,11-13H,3-6,8,10,17H2,1-2H3. The van der Waals surface area contributed by atoms with E-state index in [9.17, 15) is 4.79 Å². The van der Waals surface area contributed by atoms with Crippen LogP contribution in [0, 0.1) is 5.92 Å². The monoisotopic (exact) mass is 275 g/mol. The van der Waals surface area contributed by atoms with Gasteiger partial charge in [0.1, 0.15) is 0 Å². The van der Waals surface area contributed by atoms with E-state index >= 15 is 0 Å². The zero-order chi connectivity index (χ0) is 14.5. The van der Waals surface area contributed by atoms with Crippen molar-refractivity contribution in [2.24, 2.45) is 5.92 Å². The topological polar surface area (TPSA) is 59.2 Å². The van der Waals surface area contributed by atoms with E-state index in [0.29, 0.717) is 23.2 Å². The molecule has 0 aromatic carbocycles. The van der Waals surface area contributed by atoms with Crippen molar-refractivity contribution in [3.63, 3.8) is 0 Å². The zero-order valence-electron chi connectivity index (χ0n) is 12.5. The fourth-order valence-electron chi connectivity index (χ4n) is 2.82. The molecule has 1 aromatic rings. The number of carbonyl (C=O) groups is 1. The van der Waals surface area contributed by atoms with Gasteiger partial charge in [-0.3, -0.25) is 9.78 Å². The third-order valence-electron chi connectivity index (χ3n) is 4.06. The van der Waals surface area contributed by atoms with Crippen LogP contribution < -0.4 is 5.73 Å². The predicted octanol–water partition coefficient (Wildman–Crippen LogP) is 3.09. The molecule has 1 heterocycles. The fraction of sp³-hybridized carbons (Fsp3) is 0.625. The Balaban J connectivity index is 2.16. The molecule has 0 bridgehead atoms. The van der Waals surface area contributed by atoms with Gasteiger partial charge in [-0.1, -0.05) is 26.7 Å². The Kier molecular flexibility index (Phi) is 4.99. The summed E-state index contributed by atoms with van der Waals surface area (Å²) >= 11 is 0. The largest absolute Gasteiger partial charge is 0.397 e. The minimum Gasteiger partial charge on any atom is -0.397 e. The van der Waals surface area contributed by atoms with E-state index in [2.05, 4.69) is 18.8 Å². The summed E-state index contributed by atoms with van der Waals surface area (Å²) in [6.07, 6.45) is 8.92. The lowest BCUT2D eigenvalue weighted by molar-refractivity contribution is 0.0673. The fourth-order valence-corrected chi connectivity index (χ4v) is 2.82. The molecule has 0 aliphatic heterocycles. The third-order valence-corrected chi connectivity index (χ3v) is 4.06. The summed E-state index contributed by atoms with van der Waals surface area (Å²) in [6, 6.07) is 2.11. The number of hydrogen-bond donors (Lipinski definition) is 1. The average molecular weight is 275 g/mol. The van der Waals surface area contributed by atoms with Crippen LogP contribution in [0.25, 0.3) is 0 Å². The van der Waals surface area contributed by atoms with Crippen molar-refractivity contribution in [2.75, 3.05) is 12.3 Å². The number of carbonyl (C=O) groups excluding carboxylic acids is 1. The lowest BCUT2D eigenvalue weighted by Gasteiger charge is -2.30. The molecule has 1 aliphatic rings. The van der Waals surface area contributed by atoms with Crippen molar-refractivity contribution >= 4 is 11.6 Å². The lowest BCUT2D eigenvalue weighted by atomic mass is 10.1. The van der Waals surface area contributed by atoms with Gasteiger partial charge in [0.2, 0.25) is 0 Å². The van der Waals surface area contributed by atoms with Crippen LogP contribution in [0.2, 0.25) is 0 Å². The summed E-state index contributed by atoms with van der Waals surface area (Å²) in [4.78, 5) is 18.8. The van der Waals surface area contributed by atoms with Crippen LogP contribution in [-0.2, 0) is 0 Å². The molecule has 2 N–H and O–H groups in total. The first-order chi connectivity index (χ1) is 9.59. The summed E-state index contributed by atoms with van der Waals surface area (Å²) in [5.74, 6) is 0.666. The summed E-state index contributed by atoms with van der Waals surface area (Å²) in [6.45, 7) is 5.21. The number of aromatic nitrogens is 1. The first-order valence-electron chi connectivity index (χ1n) is 7.60. The van der Waals surface area contributed by atoms with E-state index in [-0.39, 0.29) is 5.91 Å². The number of amides is 1. The van der Waals surface area contributed by atoms with E-state index in [1.807, 2.05) is 4.90 Å². The molecule has 0 atom stereocenters. The van der Waals surface area contributed by atoms with Crippen molar-refractivity contribution in [3.05, 3.63) is 24.0 Å². The minimum atomic E-state index is 0.0671. The minimum absolute atomic E-state index is 0.0671. The van der Waals surface area contributed by atoms with Gasteiger partial charge in [-0.15, -0.1) is 0 Å². The summed E-state index contributed by atoms with van der Waals surface area (Å²) in [7, 11) is 0. The zero-order valence-corrected chi connectivity index (χ0v) is 12.5. The van der Waals surface area contributed by atoms with E-state index in [4.69, 9.17) is 5.73 Å². The lowest BCUT2D eigenvalue weighted by Crippen LogP contribution is -2.40. The van der Waals surface area contributed by atoms with Crippen LogP contribution in [0.3, 0.4) is 0 Å². The van der Waals surface area contributed by atoms with Gasteiger partial charge in [-0.05, 0) is 31.2 Å². The highest BCUT2D eigenvalue weighted by Gasteiger charge is 2.28. The average Bonchev–Trinajstić information content (AvgIpc) is 2.93. The molecule has 0 radical (unpaired) electrons. The number of hydrogen-bond acceptors (Lipinski definition) is 3. The molecule has 1 fully saturated rings. The van der Waals surface area contributed by atoms with Crippen LogP contribution in [-0.4, -0.2) is 28.4 Å². The molecular weight excluding hydrogens is 250 g/mol. The van der Waals surface area contributed by atoms with Gasteiger partial charge in [-0.25, -0.2) is 0 Å². The maximum Gasteiger partial charge on any atom is 0.256 e. The second kappa shape index (κ2) is 6.73. The normalized spacial score (nSPS) is 15.8. The highest BCUT2D eigenvalue weighted by molar-refractivity contribution is 5.99. The second-order valence-electron chi connectivity index (χ2n) is 6.08. The number of nitrogens with two attached hydrogens (primary N) is 1. The smallest absolute Gasteiger partial charge is 0.256 e. The first kappa shape index (κ1) is 14.8. The van der Waals surface area contributed by atoms with Crippen LogP contribution in [0.1, 0.15) is 56.3 Å². The molecule has 4 nitrogen and oxygen atoms in total. The SMILES string of the molecule is CC(C)CCN(C(=O)c1ccncc1N)C1CCCC1. The van der Waals surface area contributed by atoms with Crippen molar-refractivity contribution in [1.82, 2.24) is 9.88 Å². The molecule has 1 aliphatic carbocycles. The predicted molar refractivity (Wildman–Crippen MR) is 81.4 cm³/mol. The number of rotatable bonds is 5. The van der Waals surface area contributed by atoms with E-state index in [1.165, 1.54) is 12.8 Å². The second-order valence-corrected chi connectivity index (χ2v) is 6.08. The van der Waals surface area contributed by atoms with Crippen LogP contribution >= 0.6 is 0 Å². The van der Waals surface area contributed by atoms with E-state index in [1.54, 1.807) is 18.5 Å². The molecule has 2 rings (SSSR count).